The van der Waals surface area contributed by atoms with Crippen LogP contribution in [0.15, 0.2) is 30.3 Å². The van der Waals surface area contributed by atoms with Crippen molar-refractivity contribution in [2.24, 2.45) is 5.92 Å². The minimum Gasteiger partial charge on any atom is -0.479 e. The Labute approximate surface area is 123 Å². The zero-order valence-electron chi connectivity index (χ0n) is 11.7. The quantitative estimate of drug-likeness (QED) is 0.868. The molecular weight excluding hydrogens is 270 g/mol. The predicted molar refractivity (Wildman–Crippen MR) is 75.6 cm³/mol. The minimum atomic E-state index is -0.993. The molecule has 0 spiro atoms. The molecule has 1 heterocycles. The first-order valence-corrected chi connectivity index (χ1v) is 7.38. The monoisotopic (exact) mass is 289 g/mol. The summed E-state index contributed by atoms with van der Waals surface area (Å²) in [5, 5.41) is 12.0. The summed E-state index contributed by atoms with van der Waals surface area (Å²) in [5.74, 6) is -0.709. The Bertz CT molecular complexity index is 526. The van der Waals surface area contributed by atoms with Gasteiger partial charge in [-0.1, -0.05) is 30.3 Å². The van der Waals surface area contributed by atoms with Crippen LogP contribution in [0.25, 0.3) is 0 Å². The third-order valence-corrected chi connectivity index (χ3v) is 4.14. The van der Waals surface area contributed by atoms with Gasteiger partial charge in [-0.2, -0.15) is 0 Å². The van der Waals surface area contributed by atoms with Crippen molar-refractivity contribution >= 4 is 11.9 Å². The Morgan fingerprint density at radius 1 is 1.10 bits per heavy atom. The summed E-state index contributed by atoms with van der Waals surface area (Å²) in [6, 6.07) is 9.91. The van der Waals surface area contributed by atoms with Crippen LogP contribution >= 0.6 is 0 Å². The lowest BCUT2D eigenvalue weighted by atomic mass is 10.0. The van der Waals surface area contributed by atoms with Gasteiger partial charge in [0.15, 0.2) is 6.10 Å². The Kier molecular flexibility index (Phi) is 3.92. The van der Waals surface area contributed by atoms with E-state index in [1.165, 1.54) is 0 Å². The van der Waals surface area contributed by atoms with Crippen molar-refractivity contribution in [2.75, 3.05) is 0 Å². The maximum absolute atomic E-state index is 12.3. The number of carboxylic acids is 1. The average Bonchev–Trinajstić information content (AvgIpc) is 3.20. The highest BCUT2D eigenvalue weighted by Gasteiger charge is 2.38. The molecule has 1 saturated carbocycles. The van der Waals surface area contributed by atoms with Crippen LogP contribution in [-0.4, -0.2) is 29.2 Å². The molecule has 2 N–H and O–H groups in total. The van der Waals surface area contributed by atoms with E-state index in [9.17, 15) is 9.59 Å². The van der Waals surface area contributed by atoms with Gasteiger partial charge in [-0.05, 0) is 37.2 Å². The smallest absolute Gasteiger partial charge is 0.332 e. The molecule has 2 fully saturated rings. The molecule has 21 heavy (non-hydrogen) atoms. The van der Waals surface area contributed by atoms with Gasteiger partial charge in [-0.3, -0.25) is 4.79 Å². The summed E-state index contributed by atoms with van der Waals surface area (Å²) in [7, 11) is 0. The number of hydrogen-bond donors (Lipinski definition) is 2. The van der Waals surface area contributed by atoms with Crippen LogP contribution in [0.5, 0.6) is 0 Å². The molecule has 1 aromatic rings. The number of carbonyl (C=O) groups excluding carboxylic acids is 1. The SMILES string of the molecule is O=C(NC(c1ccccc1)C1CC1)[C@@H]1CC[C@H](C(=O)O)O1. The van der Waals surface area contributed by atoms with Gasteiger partial charge in [0, 0.05) is 0 Å². The molecule has 1 amide bonds. The van der Waals surface area contributed by atoms with Crippen LogP contribution in [0.3, 0.4) is 0 Å². The van der Waals surface area contributed by atoms with E-state index in [0.717, 1.165) is 18.4 Å². The Balaban J connectivity index is 1.64. The summed E-state index contributed by atoms with van der Waals surface area (Å²) in [5.41, 5.74) is 1.10. The van der Waals surface area contributed by atoms with Crippen molar-refractivity contribution < 1.29 is 19.4 Å². The molecule has 5 nitrogen and oxygen atoms in total. The molecule has 1 aliphatic carbocycles. The zero-order chi connectivity index (χ0) is 14.8. The van der Waals surface area contributed by atoms with Crippen LogP contribution < -0.4 is 5.32 Å². The van der Waals surface area contributed by atoms with Gasteiger partial charge in [0.25, 0.3) is 0 Å². The third kappa shape index (κ3) is 3.24. The maximum atomic E-state index is 12.3. The number of carboxylic acid groups (broad SMARTS) is 1. The molecule has 0 bridgehead atoms. The highest BCUT2D eigenvalue weighted by Crippen LogP contribution is 2.41. The van der Waals surface area contributed by atoms with Gasteiger partial charge in [0.05, 0.1) is 6.04 Å². The first kappa shape index (κ1) is 14.1. The normalized spacial score (nSPS) is 26.3. The van der Waals surface area contributed by atoms with E-state index in [1.54, 1.807) is 0 Å². The van der Waals surface area contributed by atoms with Crippen LogP contribution in [0, 0.1) is 5.92 Å². The fraction of sp³-hybridized carbons (Fsp3) is 0.500. The molecule has 1 saturated heterocycles. The highest BCUT2D eigenvalue weighted by atomic mass is 16.5. The predicted octanol–water partition coefficient (Wildman–Crippen LogP) is 1.89. The molecule has 5 heteroatoms. The van der Waals surface area contributed by atoms with E-state index in [1.807, 2.05) is 30.3 Å². The molecule has 3 atom stereocenters. The van der Waals surface area contributed by atoms with E-state index < -0.39 is 18.2 Å². The largest absolute Gasteiger partial charge is 0.479 e. The van der Waals surface area contributed by atoms with Crippen molar-refractivity contribution in [3.8, 4) is 0 Å². The number of rotatable bonds is 5. The Hall–Kier alpha value is -1.88. The Morgan fingerprint density at radius 2 is 1.76 bits per heavy atom. The van der Waals surface area contributed by atoms with Crippen molar-refractivity contribution in [1.82, 2.24) is 5.32 Å². The second kappa shape index (κ2) is 5.85. The second-order valence-corrected chi connectivity index (χ2v) is 5.76. The fourth-order valence-corrected chi connectivity index (χ4v) is 2.82. The van der Waals surface area contributed by atoms with Crippen molar-refractivity contribution in [2.45, 2.75) is 43.9 Å². The summed E-state index contributed by atoms with van der Waals surface area (Å²) in [6.07, 6.45) is 1.60. The molecule has 1 unspecified atom stereocenters. The molecular formula is C16H19NO4. The lowest BCUT2D eigenvalue weighted by Crippen LogP contribution is -2.38. The van der Waals surface area contributed by atoms with Crippen molar-refractivity contribution in [3.05, 3.63) is 35.9 Å². The summed E-state index contributed by atoms with van der Waals surface area (Å²) in [6.45, 7) is 0. The summed E-state index contributed by atoms with van der Waals surface area (Å²) in [4.78, 5) is 23.2. The number of aliphatic carboxylic acids is 1. The first-order valence-electron chi connectivity index (χ1n) is 7.38. The fourth-order valence-electron chi connectivity index (χ4n) is 2.82. The number of benzene rings is 1. The molecule has 1 aromatic carbocycles. The average molecular weight is 289 g/mol. The van der Waals surface area contributed by atoms with Gasteiger partial charge >= 0.3 is 5.97 Å². The molecule has 2 aliphatic rings. The van der Waals surface area contributed by atoms with Crippen LogP contribution in [0.4, 0.5) is 0 Å². The van der Waals surface area contributed by atoms with E-state index in [2.05, 4.69) is 5.32 Å². The van der Waals surface area contributed by atoms with Gasteiger partial charge in [-0.15, -0.1) is 0 Å². The van der Waals surface area contributed by atoms with Gasteiger partial charge < -0.3 is 15.2 Å². The summed E-state index contributed by atoms with van der Waals surface area (Å²) < 4.78 is 5.31. The molecule has 1 aliphatic heterocycles. The van der Waals surface area contributed by atoms with Gasteiger partial charge in [-0.25, -0.2) is 4.79 Å². The molecule has 0 radical (unpaired) electrons. The Morgan fingerprint density at radius 3 is 2.33 bits per heavy atom. The van der Waals surface area contributed by atoms with Crippen LogP contribution in [0.1, 0.15) is 37.3 Å². The van der Waals surface area contributed by atoms with Crippen molar-refractivity contribution in [1.29, 1.82) is 0 Å². The number of carbonyl (C=O) groups is 2. The standard InChI is InChI=1S/C16H19NO4/c18-15(12-8-9-13(21-12)16(19)20)17-14(11-6-7-11)10-4-2-1-3-5-10/h1-5,11-14H,6-9H2,(H,17,18)(H,19,20)/t12-,13+,14?/m0/s1. The third-order valence-electron chi connectivity index (χ3n) is 4.14. The molecule has 3 rings (SSSR count). The number of hydrogen-bond acceptors (Lipinski definition) is 3. The lowest BCUT2D eigenvalue weighted by Gasteiger charge is -2.21. The van der Waals surface area contributed by atoms with Crippen LogP contribution in [-0.2, 0) is 14.3 Å². The lowest BCUT2D eigenvalue weighted by molar-refractivity contribution is -0.152. The molecule has 112 valence electrons. The number of amides is 1. The second-order valence-electron chi connectivity index (χ2n) is 5.76. The van der Waals surface area contributed by atoms with Crippen molar-refractivity contribution in [3.63, 3.8) is 0 Å². The van der Waals surface area contributed by atoms with E-state index >= 15 is 0 Å². The van der Waals surface area contributed by atoms with E-state index in [-0.39, 0.29) is 11.9 Å². The highest BCUT2D eigenvalue weighted by molar-refractivity contribution is 5.83. The van der Waals surface area contributed by atoms with E-state index in [0.29, 0.717) is 18.8 Å². The first-order chi connectivity index (χ1) is 10.1. The minimum absolute atomic E-state index is 0.00572. The summed E-state index contributed by atoms with van der Waals surface area (Å²) >= 11 is 0. The van der Waals surface area contributed by atoms with Crippen LogP contribution in [0.2, 0.25) is 0 Å². The molecule has 0 aromatic heterocycles. The number of nitrogens with one attached hydrogen (secondary N) is 1. The van der Waals surface area contributed by atoms with Gasteiger partial charge in [0.2, 0.25) is 5.91 Å². The topological polar surface area (TPSA) is 75.6 Å². The van der Waals surface area contributed by atoms with E-state index in [4.69, 9.17) is 9.84 Å². The van der Waals surface area contributed by atoms with Gasteiger partial charge in [0.1, 0.15) is 6.10 Å². The number of ether oxygens (including phenoxy) is 1. The maximum Gasteiger partial charge on any atom is 0.332 e. The zero-order valence-corrected chi connectivity index (χ0v) is 11.7.